The molecule has 0 saturated heterocycles. The molecule has 214 valence electrons. The van der Waals surface area contributed by atoms with Crippen molar-refractivity contribution in [1.82, 2.24) is 0 Å². The number of hydrogen-bond donors (Lipinski definition) is 0. The third-order valence-electron chi connectivity index (χ3n) is 12.2. The Morgan fingerprint density at radius 1 is 0.949 bits per heavy atom. The number of rotatable bonds is 4. The molecule has 8 atom stereocenters. The van der Waals surface area contributed by atoms with Gasteiger partial charge in [-0.1, -0.05) is 59.8 Å². The Morgan fingerprint density at radius 3 is 2.31 bits per heavy atom. The Morgan fingerprint density at radius 2 is 1.62 bits per heavy atom. The van der Waals surface area contributed by atoms with Gasteiger partial charge in [0.1, 0.15) is 6.10 Å². The van der Waals surface area contributed by atoms with Crippen LogP contribution in [0, 0.1) is 48.9 Å². The Hall–Kier alpha value is -1.37. The van der Waals surface area contributed by atoms with Gasteiger partial charge in [-0.3, -0.25) is 9.59 Å². The quantitative estimate of drug-likeness (QED) is 0.188. The highest BCUT2D eigenvalue weighted by Gasteiger charge is 2.67. The van der Waals surface area contributed by atoms with Crippen LogP contribution < -0.4 is 0 Å². The molecular weight excluding hydrogens is 599 g/mol. The van der Waals surface area contributed by atoms with Gasteiger partial charge in [0.05, 0.1) is 19.4 Å². The number of fused-ring (bicyclic) bond motifs is 5. The normalized spacial score (nSPS) is 41.0. The molecule has 0 heterocycles. The van der Waals surface area contributed by atoms with Gasteiger partial charge in [-0.05, 0) is 130 Å². The molecule has 0 spiro atoms. The van der Waals surface area contributed by atoms with Crippen LogP contribution in [0.3, 0.4) is 0 Å². The van der Waals surface area contributed by atoms with E-state index in [4.69, 9.17) is 9.47 Å². The number of esters is 2. The standard InChI is InChI=1S/C34H47IO4/c1-21-24(39-28(36)19-22-10-8-11-23(35)18-22)20-27-33(5)16-12-25-31(2,3)14-9-15-32(25,4)26(33)13-17-34(27,6)29(21)30(37)38-7/h8,10-11,18,24-27,29H,1,9,12-17,19-20H2,2-7H3/t24-,25?,26-,27+,29-,32+,33-,34+/m1/s1. The molecule has 0 aliphatic heterocycles. The predicted octanol–water partition coefficient (Wildman–Crippen LogP) is 8.16. The first-order chi connectivity index (χ1) is 18.3. The van der Waals surface area contributed by atoms with Crippen molar-refractivity contribution in [3.63, 3.8) is 0 Å². The number of hydrogen-bond acceptors (Lipinski definition) is 4. The molecule has 39 heavy (non-hydrogen) atoms. The third-order valence-corrected chi connectivity index (χ3v) is 12.9. The molecule has 5 rings (SSSR count). The minimum absolute atomic E-state index is 0.0822. The van der Waals surface area contributed by atoms with Crippen LogP contribution in [0.25, 0.3) is 0 Å². The van der Waals surface area contributed by atoms with Crippen LogP contribution in [0.1, 0.15) is 91.5 Å². The maximum absolute atomic E-state index is 13.4. The number of halogens is 1. The minimum Gasteiger partial charge on any atom is -0.469 e. The molecule has 0 bridgehead atoms. The maximum Gasteiger partial charge on any atom is 0.313 e. The highest BCUT2D eigenvalue weighted by Crippen LogP contribution is 2.73. The van der Waals surface area contributed by atoms with E-state index >= 15 is 0 Å². The second-order valence-electron chi connectivity index (χ2n) is 14.6. The van der Waals surface area contributed by atoms with E-state index in [1.807, 2.05) is 24.3 Å². The van der Waals surface area contributed by atoms with Crippen LogP contribution in [0.15, 0.2) is 36.4 Å². The van der Waals surface area contributed by atoms with Crippen LogP contribution in [-0.4, -0.2) is 25.2 Å². The van der Waals surface area contributed by atoms with E-state index in [1.165, 1.54) is 39.2 Å². The fraction of sp³-hybridized carbons (Fsp3) is 0.706. The van der Waals surface area contributed by atoms with Crippen molar-refractivity contribution in [3.8, 4) is 0 Å². The Kier molecular flexibility index (Phi) is 7.59. The van der Waals surface area contributed by atoms with Gasteiger partial charge in [-0.2, -0.15) is 0 Å². The summed E-state index contributed by atoms with van der Waals surface area (Å²) in [7, 11) is 1.48. The van der Waals surface area contributed by atoms with Gasteiger partial charge in [-0.25, -0.2) is 0 Å². The Balaban J connectivity index is 1.48. The average Bonchev–Trinajstić information content (AvgIpc) is 2.84. The fourth-order valence-electron chi connectivity index (χ4n) is 10.7. The lowest BCUT2D eigenvalue weighted by molar-refractivity contribution is -0.216. The van der Waals surface area contributed by atoms with E-state index in [-0.39, 0.29) is 35.1 Å². The van der Waals surface area contributed by atoms with Crippen LogP contribution in [0.2, 0.25) is 0 Å². The highest BCUT2D eigenvalue weighted by atomic mass is 127. The minimum atomic E-state index is -0.466. The van der Waals surface area contributed by atoms with E-state index in [0.29, 0.717) is 16.7 Å². The zero-order valence-corrected chi connectivity index (χ0v) is 26.9. The van der Waals surface area contributed by atoms with Crippen molar-refractivity contribution in [2.45, 2.75) is 98.5 Å². The van der Waals surface area contributed by atoms with Gasteiger partial charge >= 0.3 is 11.9 Å². The van der Waals surface area contributed by atoms with E-state index in [0.717, 1.165) is 39.9 Å². The monoisotopic (exact) mass is 646 g/mol. The molecule has 1 aromatic carbocycles. The zero-order chi connectivity index (χ0) is 28.4. The summed E-state index contributed by atoms with van der Waals surface area (Å²) in [5, 5.41) is 0. The van der Waals surface area contributed by atoms with Crippen LogP contribution in [0.4, 0.5) is 0 Å². The third kappa shape index (κ3) is 4.70. The summed E-state index contributed by atoms with van der Waals surface area (Å²) in [6.07, 6.45) is 8.97. The summed E-state index contributed by atoms with van der Waals surface area (Å²) in [6, 6.07) is 7.96. The highest BCUT2D eigenvalue weighted by molar-refractivity contribution is 14.1. The van der Waals surface area contributed by atoms with Gasteiger partial charge in [0.25, 0.3) is 0 Å². The van der Waals surface area contributed by atoms with Crippen molar-refractivity contribution < 1.29 is 19.1 Å². The second-order valence-corrected chi connectivity index (χ2v) is 15.9. The summed E-state index contributed by atoms with van der Waals surface area (Å²) in [4.78, 5) is 26.6. The summed E-state index contributed by atoms with van der Waals surface area (Å²) in [5.41, 5.74) is 2.18. The van der Waals surface area contributed by atoms with Crippen LogP contribution in [-0.2, 0) is 25.5 Å². The molecule has 4 nitrogen and oxygen atoms in total. The molecule has 4 saturated carbocycles. The Bertz CT molecular complexity index is 1160. The Labute approximate surface area is 249 Å². The lowest BCUT2D eigenvalue weighted by Gasteiger charge is -2.70. The lowest BCUT2D eigenvalue weighted by Crippen LogP contribution is -2.64. The second kappa shape index (κ2) is 10.2. The number of carbonyl (C=O) groups excluding carboxylic acids is 2. The van der Waals surface area contributed by atoms with E-state index in [9.17, 15) is 9.59 Å². The molecule has 4 aliphatic rings. The topological polar surface area (TPSA) is 52.6 Å². The molecule has 4 aliphatic carbocycles. The number of benzene rings is 1. The maximum atomic E-state index is 13.4. The van der Waals surface area contributed by atoms with E-state index < -0.39 is 12.0 Å². The van der Waals surface area contributed by atoms with Crippen molar-refractivity contribution >= 4 is 34.5 Å². The summed E-state index contributed by atoms with van der Waals surface area (Å²) >= 11 is 2.26. The van der Waals surface area contributed by atoms with E-state index in [1.54, 1.807) is 0 Å². The molecular formula is C34H47IO4. The summed E-state index contributed by atoms with van der Waals surface area (Å²) in [6.45, 7) is 16.8. The number of ether oxygens (including phenoxy) is 2. The molecule has 0 N–H and O–H groups in total. The van der Waals surface area contributed by atoms with E-state index in [2.05, 4.69) is 63.8 Å². The largest absolute Gasteiger partial charge is 0.469 e. The molecule has 0 aromatic heterocycles. The smallest absolute Gasteiger partial charge is 0.313 e. The van der Waals surface area contributed by atoms with Gasteiger partial charge in [0.15, 0.2) is 0 Å². The first kappa shape index (κ1) is 29.1. The fourth-order valence-corrected chi connectivity index (χ4v) is 11.3. The molecule has 5 heteroatoms. The van der Waals surface area contributed by atoms with Gasteiger partial charge < -0.3 is 9.47 Å². The molecule has 0 radical (unpaired) electrons. The van der Waals surface area contributed by atoms with Crippen molar-refractivity contribution in [3.05, 3.63) is 45.6 Å². The average molecular weight is 647 g/mol. The van der Waals surface area contributed by atoms with Gasteiger partial charge in [0, 0.05) is 3.57 Å². The van der Waals surface area contributed by atoms with Crippen molar-refractivity contribution in [2.24, 2.45) is 45.3 Å². The van der Waals surface area contributed by atoms with Gasteiger partial charge in [0.2, 0.25) is 0 Å². The lowest BCUT2D eigenvalue weighted by atomic mass is 9.34. The molecule has 1 unspecified atom stereocenters. The number of carbonyl (C=O) groups is 2. The first-order valence-electron chi connectivity index (χ1n) is 15.0. The summed E-state index contributed by atoms with van der Waals surface area (Å²) < 4.78 is 12.7. The zero-order valence-electron chi connectivity index (χ0n) is 24.8. The van der Waals surface area contributed by atoms with Gasteiger partial charge in [-0.15, -0.1) is 0 Å². The molecule has 0 amide bonds. The summed E-state index contributed by atoms with van der Waals surface area (Å²) in [5.74, 6) is 0.663. The van der Waals surface area contributed by atoms with Crippen LogP contribution in [0.5, 0.6) is 0 Å². The predicted molar refractivity (Wildman–Crippen MR) is 163 cm³/mol. The van der Waals surface area contributed by atoms with Crippen molar-refractivity contribution in [2.75, 3.05) is 7.11 Å². The molecule has 4 fully saturated rings. The first-order valence-corrected chi connectivity index (χ1v) is 16.0. The molecule has 1 aromatic rings. The number of methoxy groups -OCH3 is 1. The van der Waals surface area contributed by atoms with Crippen LogP contribution >= 0.6 is 22.6 Å². The van der Waals surface area contributed by atoms with Crippen molar-refractivity contribution in [1.29, 1.82) is 0 Å². The SMILES string of the molecule is C=C1[C@H](C(=O)OC)[C@@]2(C)CC[C@H]3[C@@](C)(CCC4C(C)(C)CCC[C@@]43C)[C@@H]2C[C@H]1OC(=O)Cc1cccc(I)c1.